The van der Waals surface area contributed by atoms with Crippen LogP contribution in [0.3, 0.4) is 0 Å². The Kier molecular flexibility index (Phi) is 8.70. The lowest BCUT2D eigenvalue weighted by Gasteiger charge is -2.27. The van der Waals surface area contributed by atoms with Crippen LogP contribution in [0.1, 0.15) is 65.8 Å². The zero-order valence-electron chi connectivity index (χ0n) is 22.4. The third-order valence-corrected chi connectivity index (χ3v) is 7.66. The van der Waals surface area contributed by atoms with E-state index in [0.29, 0.717) is 36.4 Å². The van der Waals surface area contributed by atoms with Gasteiger partial charge in [-0.15, -0.1) is 0 Å². The molecule has 0 radical (unpaired) electrons. The number of benzene rings is 3. The molecular formula is C31H32ClFN2O4. The zero-order valence-corrected chi connectivity index (χ0v) is 23.1. The van der Waals surface area contributed by atoms with E-state index in [1.165, 1.54) is 19.2 Å². The fraction of sp³-hybridized carbons (Fsp3) is 0.323. The van der Waals surface area contributed by atoms with E-state index in [4.69, 9.17) is 16.3 Å². The summed E-state index contributed by atoms with van der Waals surface area (Å²) in [7, 11) is 1.44. The summed E-state index contributed by atoms with van der Waals surface area (Å²) >= 11 is 6.06. The number of carbonyl (C=O) groups excluding carboxylic acids is 3. The first-order valence-electron chi connectivity index (χ1n) is 13.1. The number of amides is 2. The highest BCUT2D eigenvalue weighted by Gasteiger charge is 2.41. The Morgan fingerprint density at radius 1 is 1.03 bits per heavy atom. The molecule has 1 fully saturated rings. The molecule has 1 heterocycles. The van der Waals surface area contributed by atoms with Crippen LogP contribution in [0.5, 0.6) is 5.75 Å². The lowest BCUT2D eigenvalue weighted by Crippen LogP contribution is -2.33. The first-order chi connectivity index (χ1) is 18.8. The number of hydrogen-bond acceptors (Lipinski definition) is 4. The van der Waals surface area contributed by atoms with Crippen molar-refractivity contribution in [2.45, 2.75) is 46.0 Å². The molecule has 1 aliphatic heterocycles. The Bertz CT molecular complexity index is 1410. The van der Waals surface area contributed by atoms with Crippen LogP contribution < -0.4 is 15.0 Å². The number of anilines is 2. The van der Waals surface area contributed by atoms with Gasteiger partial charge >= 0.3 is 0 Å². The molecule has 1 aliphatic carbocycles. The van der Waals surface area contributed by atoms with E-state index < -0.39 is 11.7 Å². The van der Waals surface area contributed by atoms with Crippen molar-refractivity contribution < 1.29 is 23.5 Å². The normalized spacial score (nSPS) is 18.1. The summed E-state index contributed by atoms with van der Waals surface area (Å²) in [5, 5.41) is 2.80. The molecule has 204 valence electrons. The molecule has 1 atom stereocenters. The number of rotatable bonds is 4. The van der Waals surface area contributed by atoms with E-state index in [0.717, 1.165) is 36.6 Å². The summed E-state index contributed by atoms with van der Waals surface area (Å²) in [6, 6.07) is 16.2. The van der Waals surface area contributed by atoms with Gasteiger partial charge in [-0.2, -0.15) is 0 Å². The summed E-state index contributed by atoms with van der Waals surface area (Å²) in [5.41, 5.74) is 2.51. The molecule has 0 unspecified atom stereocenters. The molecule has 3 aromatic carbocycles. The molecule has 1 saturated carbocycles. The van der Waals surface area contributed by atoms with E-state index in [2.05, 4.69) is 5.32 Å². The van der Waals surface area contributed by atoms with Crippen LogP contribution in [0.4, 0.5) is 15.8 Å². The number of nitrogens with one attached hydrogen (secondary N) is 1. The van der Waals surface area contributed by atoms with Crippen molar-refractivity contribution in [3.8, 4) is 5.75 Å². The van der Waals surface area contributed by atoms with Gasteiger partial charge in [0.05, 0.1) is 23.4 Å². The maximum Gasteiger partial charge on any atom is 0.258 e. The number of Topliss-reactive ketones (excluding diaryl/α,β-unsaturated/α-hetero) is 1. The van der Waals surface area contributed by atoms with Gasteiger partial charge < -0.3 is 15.0 Å². The lowest BCUT2D eigenvalue weighted by atomic mass is 9.78. The molecule has 0 aromatic heterocycles. The second-order valence-electron chi connectivity index (χ2n) is 9.72. The second kappa shape index (κ2) is 12.0. The van der Waals surface area contributed by atoms with Gasteiger partial charge in [0.2, 0.25) is 0 Å². The average molecular weight is 551 g/mol. The predicted octanol–water partition coefficient (Wildman–Crippen LogP) is 7.10. The molecule has 2 amide bonds. The van der Waals surface area contributed by atoms with Crippen molar-refractivity contribution in [3.63, 3.8) is 0 Å². The van der Waals surface area contributed by atoms with E-state index in [-0.39, 0.29) is 27.7 Å². The van der Waals surface area contributed by atoms with Gasteiger partial charge in [-0.25, -0.2) is 4.39 Å². The highest BCUT2D eigenvalue weighted by molar-refractivity contribution is 6.34. The second-order valence-corrected chi connectivity index (χ2v) is 10.1. The third kappa shape index (κ3) is 5.98. The Morgan fingerprint density at radius 3 is 2.51 bits per heavy atom. The Hall–Kier alpha value is -3.71. The molecular weight excluding hydrogens is 519 g/mol. The molecule has 5 rings (SSSR count). The number of para-hydroxylation sites is 1. The SMILES string of the molecule is CC.COc1cc(C(=O)N2CC[C@@]3(CCC(=O)C3)Cc3ccccc32)ccc1NC(=O)c1cc(F)ccc1Cl. The summed E-state index contributed by atoms with van der Waals surface area (Å²) < 4.78 is 19.1. The van der Waals surface area contributed by atoms with Gasteiger partial charge in [0.15, 0.2) is 0 Å². The first kappa shape index (κ1) is 28.3. The van der Waals surface area contributed by atoms with Gasteiger partial charge in [0.25, 0.3) is 11.8 Å². The Morgan fingerprint density at radius 2 is 1.79 bits per heavy atom. The standard InChI is InChI=1S/C29H26ClFN2O4.C2H6/c1-37-26-14-18(6-9-24(26)32-27(35)22-15-20(31)7-8-23(22)30)28(36)33-13-12-29(11-10-21(34)17-29)16-19-4-2-3-5-25(19)33;1-2/h2-9,14-15H,10-13,16-17H2,1H3,(H,32,35);1-2H3/t29-;/m0./s1. The molecule has 1 N–H and O–H groups in total. The number of hydrogen-bond donors (Lipinski definition) is 1. The number of carbonyl (C=O) groups is 3. The minimum Gasteiger partial charge on any atom is -0.495 e. The monoisotopic (exact) mass is 550 g/mol. The van der Waals surface area contributed by atoms with Crippen LogP contribution in [-0.2, 0) is 11.2 Å². The largest absolute Gasteiger partial charge is 0.495 e. The smallest absolute Gasteiger partial charge is 0.258 e. The van der Waals surface area contributed by atoms with E-state index in [1.807, 2.05) is 38.1 Å². The highest BCUT2D eigenvalue weighted by Crippen LogP contribution is 2.46. The predicted molar refractivity (Wildman–Crippen MR) is 151 cm³/mol. The Balaban J connectivity index is 0.00000172. The van der Waals surface area contributed by atoms with Crippen molar-refractivity contribution in [1.82, 2.24) is 0 Å². The minimum atomic E-state index is -0.597. The number of nitrogens with zero attached hydrogens (tertiary/aromatic N) is 1. The zero-order chi connectivity index (χ0) is 28.2. The summed E-state index contributed by atoms with van der Waals surface area (Å²) in [6.45, 7) is 4.50. The van der Waals surface area contributed by atoms with E-state index in [9.17, 15) is 18.8 Å². The number of ketones is 1. The number of ether oxygens (including phenoxy) is 1. The number of halogens is 2. The van der Waals surface area contributed by atoms with Crippen molar-refractivity contribution >= 4 is 40.6 Å². The van der Waals surface area contributed by atoms with Crippen molar-refractivity contribution in [1.29, 1.82) is 0 Å². The molecule has 1 spiro atoms. The summed E-state index contributed by atoms with van der Waals surface area (Å²) in [4.78, 5) is 40.4. The van der Waals surface area contributed by atoms with E-state index in [1.54, 1.807) is 23.1 Å². The molecule has 39 heavy (non-hydrogen) atoms. The van der Waals surface area contributed by atoms with Crippen LogP contribution in [-0.4, -0.2) is 31.3 Å². The van der Waals surface area contributed by atoms with Gasteiger partial charge in [0, 0.05) is 30.6 Å². The first-order valence-corrected chi connectivity index (χ1v) is 13.5. The van der Waals surface area contributed by atoms with E-state index >= 15 is 0 Å². The van der Waals surface area contributed by atoms with Gasteiger partial charge in [-0.1, -0.05) is 43.6 Å². The summed E-state index contributed by atoms with van der Waals surface area (Å²) in [6.07, 6.45) is 3.52. The summed E-state index contributed by atoms with van der Waals surface area (Å²) in [5.74, 6) is -0.798. The van der Waals surface area contributed by atoms with Crippen molar-refractivity contribution in [2.24, 2.45) is 5.41 Å². The molecule has 2 aliphatic rings. The maximum absolute atomic E-state index is 13.7. The van der Waals surface area contributed by atoms with Gasteiger partial charge in [0.1, 0.15) is 17.3 Å². The quantitative estimate of drug-likeness (QED) is 0.376. The Labute approximate surface area is 233 Å². The fourth-order valence-electron chi connectivity index (χ4n) is 5.40. The minimum absolute atomic E-state index is 0.00984. The van der Waals surface area contributed by atoms with Crippen LogP contribution in [0.25, 0.3) is 0 Å². The van der Waals surface area contributed by atoms with Crippen LogP contribution >= 0.6 is 11.6 Å². The average Bonchev–Trinajstić information content (AvgIpc) is 3.23. The number of methoxy groups -OCH3 is 1. The number of fused-ring (bicyclic) bond motifs is 1. The van der Waals surface area contributed by atoms with Crippen LogP contribution in [0, 0.1) is 11.2 Å². The third-order valence-electron chi connectivity index (χ3n) is 7.33. The maximum atomic E-state index is 13.7. The topological polar surface area (TPSA) is 75.7 Å². The highest BCUT2D eigenvalue weighted by atomic mass is 35.5. The van der Waals surface area contributed by atoms with Gasteiger partial charge in [-0.3, -0.25) is 14.4 Å². The molecule has 0 bridgehead atoms. The fourth-order valence-corrected chi connectivity index (χ4v) is 5.61. The molecule has 6 nitrogen and oxygen atoms in total. The lowest BCUT2D eigenvalue weighted by molar-refractivity contribution is -0.118. The van der Waals surface area contributed by atoms with Crippen LogP contribution in [0.2, 0.25) is 5.02 Å². The molecule has 8 heteroatoms. The van der Waals surface area contributed by atoms with Crippen molar-refractivity contribution in [2.75, 3.05) is 23.9 Å². The van der Waals surface area contributed by atoms with Crippen LogP contribution in [0.15, 0.2) is 60.7 Å². The van der Waals surface area contributed by atoms with Crippen molar-refractivity contribution in [3.05, 3.63) is 88.2 Å². The van der Waals surface area contributed by atoms with Gasteiger partial charge in [-0.05, 0) is 72.7 Å². The molecule has 3 aromatic rings. The molecule has 0 saturated heterocycles.